The molecule has 0 radical (unpaired) electrons. The van der Waals surface area contributed by atoms with Gasteiger partial charge in [-0.15, -0.1) is 11.3 Å². The maximum absolute atomic E-state index is 13.6. The van der Waals surface area contributed by atoms with E-state index in [-0.39, 0.29) is 11.2 Å². The van der Waals surface area contributed by atoms with E-state index < -0.39 is 0 Å². The summed E-state index contributed by atoms with van der Waals surface area (Å²) in [6.45, 7) is 8.15. The minimum atomic E-state index is -0.160. The van der Waals surface area contributed by atoms with Gasteiger partial charge in [0.1, 0.15) is 5.82 Å². The van der Waals surface area contributed by atoms with Gasteiger partial charge in [-0.3, -0.25) is 0 Å². The molecule has 2 rings (SSSR count). The lowest BCUT2D eigenvalue weighted by Crippen LogP contribution is -2.14. The molecule has 0 aliphatic heterocycles. The van der Waals surface area contributed by atoms with Gasteiger partial charge < -0.3 is 5.73 Å². The highest BCUT2D eigenvalue weighted by molar-refractivity contribution is 7.15. The second kappa shape index (κ2) is 4.93. The highest BCUT2D eigenvalue weighted by Crippen LogP contribution is 2.33. The van der Waals surface area contributed by atoms with Crippen LogP contribution in [0.25, 0.3) is 0 Å². The molecule has 0 fully saturated rings. The van der Waals surface area contributed by atoms with Crippen LogP contribution in [0, 0.1) is 12.7 Å². The average Bonchev–Trinajstić information content (AvgIpc) is 2.66. The lowest BCUT2D eigenvalue weighted by atomic mass is 9.89. The van der Waals surface area contributed by atoms with E-state index in [1.807, 2.05) is 13.0 Å². The van der Waals surface area contributed by atoms with Crippen LogP contribution in [-0.2, 0) is 11.8 Å². The number of thiazole rings is 1. The van der Waals surface area contributed by atoms with Gasteiger partial charge in [-0.1, -0.05) is 32.9 Å². The molecular weight excluding hydrogens is 259 g/mol. The number of benzene rings is 1. The molecule has 0 aliphatic rings. The molecule has 1 heterocycles. The van der Waals surface area contributed by atoms with E-state index in [9.17, 15) is 4.39 Å². The van der Waals surface area contributed by atoms with Gasteiger partial charge in [0.2, 0.25) is 0 Å². The van der Waals surface area contributed by atoms with E-state index in [4.69, 9.17) is 5.73 Å². The van der Waals surface area contributed by atoms with Crippen molar-refractivity contribution in [2.24, 2.45) is 0 Å². The van der Waals surface area contributed by atoms with Crippen molar-refractivity contribution in [2.75, 3.05) is 5.73 Å². The summed E-state index contributed by atoms with van der Waals surface area (Å²) in [5.41, 5.74) is 8.49. The van der Waals surface area contributed by atoms with Crippen molar-refractivity contribution in [1.82, 2.24) is 4.98 Å². The number of halogens is 1. The fourth-order valence-corrected chi connectivity index (χ4v) is 3.16. The average molecular weight is 278 g/mol. The van der Waals surface area contributed by atoms with Crippen LogP contribution in [0.5, 0.6) is 0 Å². The van der Waals surface area contributed by atoms with Crippen LogP contribution in [0.4, 0.5) is 9.52 Å². The Morgan fingerprint density at radius 1 is 1.32 bits per heavy atom. The molecule has 0 unspecified atom stereocenters. The summed E-state index contributed by atoms with van der Waals surface area (Å²) < 4.78 is 13.6. The first-order valence-electron chi connectivity index (χ1n) is 6.28. The van der Waals surface area contributed by atoms with Gasteiger partial charge in [0, 0.05) is 16.7 Å². The maximum Gasteiger partial charge on any atom is 0.180 e. The Balaban J connectivity index is 2.41. The molecule has 2 aromatic rings. The van der Waals surface area contributed by atoms with Crippen LogP contribution in [-0.4, -0.2) is 4.98 Å². The van der Waals surface area contributed by atoms with E-state index in [1.54, 1.807) is 6.07 Å². The standard InChI is InChI=1S/C15H19FN2S/c1-9-10(6-5-7-11(9)16)8-12-13(15(2,3)4)18-14(17)19-12/h5-7H,8H2,1-4H3,(H2,17,18). The largest absolute Gasteiger partial charge is 0.375 e. The van der Waals surface area contributed by atoms with Crippen LogP contribution in [0.1, 0.15) is 42.5 Å². The molecule has 0 saturated heterocycles. The van der Waals surface area contributed by atoms with E-state index in [1.165, 1.54) is 17.4 Å². The zero-order chi connectivity index (χ0) is 14.2. The Labute approximate surface area is 117 Å². The highest BCUT2D eigenvalue weighted by atomic mass is 32.1. The van der Waals surface area contributed by atoms with E-state index in [0.29, 0.717) is 17.1 Å². The monoisotopic (exact) mass is 278 g/mol. The number of nitrogen functional groups attached to an aromatic ring is 1. The predicted molar refractivity (Wildman–Crippen MR) is 79.2 cm³/mol. The Morgan fingerprint density at radius 2 is 2.00 bits per heavy atom. The summed E-state index contributed by atoms with van der Waals surface area (Å²) in [6, 6.07) is 5.20. The van der Waals surface area contributed by atoms with Crippen molar-refractivity contribution in [3.63, 3.8) is 0 Å². The number of nitrogens with zero attached hydrogens (tertiary/aromatic N) is 1. The number of aromatic nitrogens is 1. The minimum absolute atomic E-state index is 0.0509. The molecule has 0 saturated carbocycles. The first-order valence-corrected chi connectivity index (χ1v) is 7.10. The fourth-order valence-electron chi connectivity index (χ4n) is 2.09. The maximum atomic E-state index is 13.6. The molecule has 0 atom stereocenters. The second-order valence-corrected chi connectivity index (χ2v) is 6.89. The van der Waals surface area contributed by atoms with Crippen molar-refractivity contribution >= 4 is 16.5 Å². The van der Waals surface area contributed by atoms with Crippen LogP contribution in [0.2, 0.25) is 0 Å². The summed E-state index contributed by atoms with van der Waals surface area (Å²) >= 11 is 1.49. The molecule has 4 heteroatoms. The van der Waals surface area contributed by atoms with E-state index in [0.717, 1.165) is 16.1 Å². The zero-order valence-electron chi connectivity index (χ0n) is 11.7. The van der Waals surface area contributed by atoms with Crippen LogP contribution >= 0.6 is 11.3 Å². The third-order valence-electron chi connectivity index (χ3n) is 3.16. The summed E-state index contributed by atoms with van der Waals surface area (Å²) in [5.74, 6) is -0.160. The number of nitrogens with two attached hydrogens (primary N) is 1. The molecule has 0 spiro atoms. The smallest absolute Gasteiger partial charge is 0.180 e. The predicted octanol–water partition coefficient (Wildman–Crippen LogP) is 4.06. The fraction of sp³-hybridized carbons (Fsp3) is 0.400. The minimum Gasteiger partial charge on any atom is -0.375 e. The van der Waals surface area contributed by atoms with Gasteiger partial charge in [0.15, 0.2) is 5.13 Å². The number of hydrogen-bond acceptors (Lipinski definition) is 3. The quantitative estimate of drug-likeness (QED) is 0.899. The van der Waals surface area contributed by atoms with Crippen molar-refractivity contribution in [3.8, 4) is 0 Å². The molecule has 0 amide bonds. The number of rotatable bonds is 2. The Bertz CT molecular complexity index is 597. The third kappa shape index (κ3) is 2.95. The lowest BCUT2D eigenvalue weighted by Gasteiger charge is -2.18. The van der Waals surface area contributed by atoms with E-state index >= 15 is 0 Å². The van der Waals surface area contributed by atoms with Crippen molar-refractivity contribution < 1.29 is 4.39 Å². The number of anilines is 1. The second-order valence-electron chi connectivity index (χ2n) is 5.77. The Hall–Kier alpha value is -1.42. The third-order valence-corrected chi connectivity index (χ3v) is 4.04. The summed E-state index contributed by atoms with van der Waals surface area (Å²) in [5, 5.41) is 0.578. The molecule has 1 aromatic carbocycles. The van der Waals surface area contributed by atoms with Crippen LogP contribution < -0.4 is 5.73 Å². The summed E-state index contributed by atoms with van der Waals surface area (Å²) in [7, 11) is 0. The lowest BCUT2D eigenvalue weighted by molar-refractivity contribution is 0.568. The zero-order valence-corrected chi connectivity index (χ0v) is 12.6. The molecule has 2 nitrogen and oxygen atoms in total. The van der Waals surface area contributed by atoms with Gasteiger partial charge in [-0.2, -0.15) is 0 Å². The molecule has 0 bridgehead atoms. The van der Waals surface area contributed by atoms with Crippen LogP contribution in [0.3, 0.4) is 0 Å². The van der Waals surface area contributed by atoms with Gasteiger partial charge in [-0.25, -0.2) is 9.37 Å². The molecule has 102 valence electrons. The molecule has 0 aliphatic carbocycles. The van der Waals surface area contributed by atoms with Crippen molar-refractivity contribution in [2.45, 2.75) is 39.5 Å². The first-order chi connectivity index (χ1) is 8.79. The van der Waals surface area contributed by atoms with Gasteiger partial charge in [-0.05, 0) is 24.1 Å². The SMILES string of the molecule is Cc1c(F)cccc1Cc1sc(N)nc1C(C)(C)C. The first kappa shape index (κ1) is 14.0. The molecular formula is C15H19FN2S. The van der Waals surface area contributed by atoms with Crippen molar-refractivity contribution in [3.05, 3.63) is 45.7 Å². The van der Waals surface area contributed by atoms with Gasteiger partial charge >= 0.3 is 0 Å². The Kier molecular flexibility index (Phi) is 3.63. The Morgan fingerprint density at radius 3 is 2.63 bits per heavy atom. The summed E-state index contributed by atoms with van der Waals surface area (Å²) in [4.78, 5) is 5.56. The molecule has 2 N–H and O–H groups in total. The normalized spacial score (nSPS) is 11.8. The topological polar surface area (TPSA) is 38.9 Å². The molecule has 19 heavy (non-hydrogen) atoms. The summed E-state index contributed by atoms with van der Waals surface area (Å²) in [6.07, 6.45) is 0.686. The van der Waals surface area contributed by atoms with Crippen molar-refractivity contribution in [1.29, 1.82) is 0 Å². The van der Waals surface area contributed by atoms with E-state index in [2.05, 4.69) is 25.8 Å². The number of hydrogen-bond donors (Lipinski definition) is 1. The van der Waals surface area contributed by atoms with Gasteiger partial charge in [0.25, 0.3) is 0 Å². The highest BCUT2D eigenvalue weighted by Gasteiger charge is 2.23. The van der Waals surface area contributed by atoms with Gasteiger partial charge in [0.05, 0.1) is 5.69 Å². The van der Waals surface area contributed by atoms with Crippen LogP contribution in [0.15, 0.2) is 18.2 Å². The molecule has 1 aromatic heterocycles.